The number of aliphatic hydroxyl groups excluding tert-OH is 8. The Labute approximate surface area is 611 Å². The van der Waals surface area contributed by atoms with Gasteiger partial charge in [0.2, 0.25) is 35.4 Å². The maximum absolute atomic E-state index is 15.2. The van der Waals surface area contributed by atoms with Crippen LogP contribution in [0.15, 0.2) is 79.4 Å². The van der Waals surface area contributed by atoms with E-state index < -0.39 is 203 Å². The van der Waals surface area contributed by atoms with Gasteiger partial charge >= 0.3 is 35.7 Å². The number of hydrogen-bond acceptors (Lipinski definition) is 28. The van der Waals surface area contributed by atoms with E-state index in [2.05, 4.69) is 52.7 Å². The Morgan fingerprint density at radius 1 is 0.802 bits per heavy atom. The topological polar surface area (TPSA) is 493 Å². The third kappa shape index (κ3) is 22.9. The number of aromatic nitrogens is 2. The Kier molecular flexibility index (Phi) is 33.2. The van der Waals surface area contributed by atoms with Crippen LogP contribution in [-0.4, -0.2) is 264 Å². The molecule has 14 N–H and O–H groups in total. The van der Waals surface area contributed by atoms with Gasteiger partial charge in [-0.15, -0.1) is 14.5 Å². The van der Waals surface area contributed by atoms with Crippen molar-refractivity contribution in [3.8, 4) is 38.4 Å². The van der Waals surface area contributed by atoms with Crippen molar-refractivity contribution in [2.75, 3.05) is 66.3 Å². The third-order valence-electron chi connectivity index (χ3n) is 16.9. The molecule has 4 aromatic rings. The van der Waals surface area contributed by atoms with Gasteiger partial charge in [0.05, 0.1) is 62.5 Å². The summed E-state index contributed by atoms with van der Waals surface area (Å²) in [5.41, 5.74) is 1.36. The summed E-state index contributed by atoms with van der Waals surface area (Å²) in [6, 6.07) is 3.49. The van der Waals surface area contributed by atoms with Crippen molar-refractivity contribution in [1.29, 1.82) is 0 Å². The number of carbonyl (C=O) groups is 8. The van der Waals surface area contributed by atoms with E-state index in [1.807, 2.05) is 24.3 Å². The standard InChI is InChI=1S/C64H86N10O24S2.Na/c1-5-22-95-64(91)72(40(32-75)33-76)21-20-47(81)52-63(90)74-30-34(2)54(83)53(74)59(88)65-29-41(78)27-44(66-55(84)37-11-13-38(14-12-37)60-70-71-61(99-60)39-15-17-43(18-16-39)94-24-9-7-6-8-23-93-4)56(85)67-50(35(3)77)62(89)73-31-42(79)28-45(73)57(86)68-51(58(87)69-52)48(82)25-36-10-19-46(80)49(26-36)96-100-98-97-92;/h5,10-19,26,34-35,40-42,44-45,47-48,50-54,75-83,92H,1,6-9,20-25,27-33H2,2-4H3,(H,65,88)(H,66,84)(H,67,85)(H,68,86)(H,69,87);/q;+1/p-1/t34-,35+,41+,42+,44-,45-,47+,48+,50-,51-,52-,53-,54-;/m0./s1. The van der Waals surface area contributed by atoms with Crippen molar-refractivity contribution in [1.82, 2.24) is 51.5 Å². The summed E-state index contributed by atoms with van der Waals surface area (Å²) in [4.78, 5) is 119. The van der Waals surface area contributed by atoms with Gasteiger partial charge in [0.25, 0.3) is 18.2 Å². The Morgan fingerprint density at radius 3 is 2.07 bits per heavy atom. The molecule has 3 aromatic carbocycles. The number of amides is 8. The second-order valence-electron chi connectivity index (χ2n) is 24.2. The molecule has 3 aliphatic rings. The van der Waals surface area contributed by atoms with E-state index in [0.717, 1.165) is 71.6 Å². The molecule has 0 unspecified atom stereocenters. The van der Waals surface area contributed by atoms with Gasteiger partial charge in [-0.3, -0.25) is 38.6 Å². The van der Waals surface area contributed by atoms with E-state index in [-0.39, 0.29) is 65.4 Å². The van der Waals surface area contributed by atoms with Crippen molar-refractivity contribution in [3.63, 3.8) is 0 Å². The van der Waals surface area contributed by atoms with E-state index in [9.17, 15) is 80.0 Å². The van der Waals surface area contributed by atoms with Gasteiger partial charge in [-0.25, -0.2) is 4.79 Å². The smallest absolute Gasteiger partial charge is 0.691 e. The monoisotopic (exact) mass is 1460 g/mol. The molecule has 0 spiro atoms. The predicted octanol–water partition coefficient (Wildman–Crippen LogP) is -5.35. The van der Waals surface area contributed by atoms with Crippen molar-refractivity contribution in [2.24, 2.45) is 5.92 Å². The van der Waals surface area contributed by atoms with Crippen LogP contribution in [-0.2, 0) is 54.0 Å². The van der Waals surface area contributed by atoms with Crippen LogP contribution in [0.3, 0.4) is 0 Å². The van der Waals surface area contributed by atoms with Gasteiger partial charge in [-0.05, 0) is 86.7 Å². The number of β-amino-alcohol motifs (C(OH)–C–C–N with tert-alkyl or cyclic N) is 1. The van der Waals surface area contributed by atoms with Gasteiger partial charge < -0.3 is 111 Å². The molecule has 37 heteroatoms. The minimum absolute atomic E-state index is 0. The first-order valence-electron chi connectivity index (χ1n) is 32.1. The van der Waals surface area contributed by atoms with Crippen molar-refractivity contribution >= 4 is 71.1 Å². The molecule has 34 nitrogen and oxygen atoms in total. The van der Waals surface area contributed by atoms with E-state index in [0.29, 0.717) is 27.9 Å². The molecule has 0 radical (unpaired) electrons. The van der Waals surface area contributed by atoms with Crippen LogP contribution >= 0.6 is 23.7 Å². The fraction of sp³-hybridized carbons (Fsp3) is 0.531. The van der Waals surface area contributed by atoms with Gasteiger partial charge in [0.15, 0.2) is 11.5 Å². The van der Waals surface area contributed by atoms with Crippen LogP contribution < -0.4 is 70.3 Å². The summed E-state index contributed by atoms with van der Waals surface area (Å²) in [6.07, 6.45) is -9.64. The summed E-state index contributed by atoms with van der Waals surface area (Å²) in [7, 11) is 1.68. The molecule has 13 atom stereocenters. The van der Waals surface area contributed by atoms with E-state index >= 15 is 9.59 Å². The Hall–Kier alpha value is -7.21. The first-order valence-corrected chi connectivity index (χ1v) is 33.6. The molecule has 8 amide bonds. The summed E-state index contributed by atoms with van der Waals surface area (Å²) in [5.74, 6) is -9.56. The van der Waals surface area contributed by atoms with Gasteiger partial charge in [0.1, 0.15) is 58.6 Å². The zero-order chi connectivity index (χ0) is 72.7. The van der Waals surface area contributed by atoms with Crippen molar-refractivity contribution in [2.45, 2.75) is 144 Å². The van der Waals surface area contributed by atoms with Crippen LogP contribution in [0.5, 0.6) is 17.2 Å². The van der Waals surface area contributed by atoms with Crippen LogP contribution in [0.25, 0.3) is 21.1 Å². The van der Waals surface area contributed by atoms with Crippen LogP contribution in [0.4, 0.5) is 4.79 Å². The molecular formula is C64H85N10NaO24S2. The Morgan fingerprint density at radius 2 is 1.44 bits per heavy atom. The molecule has 3 fully saturated rings. The second-order valence-corrected chi connectivity index (χ2v) is 25.6. The number of carbonyl (C=O) groups excluding carboxylic acids is 8. The first-order chi connectivity index (χ1) is 47.9. The largest absolute Gasteiger partial charge is 1.00 e. The molecule has 0 bridgehead atoms. The number of nitrogens with one attached hydrogen (secondary N) is 5. The van der Waals surface area contributed by atoms with Crippen LogP contribution in [0.2, 0.25) is 0 Å². The summed E-state index contributed by atoms with van der Waals surface area (Å²) >= 11 is 1.25. The normalized spacial score (nSPS) is 23.3. The van der Waals surface area contributed by atoms with Crippen LogP contribution in [0, 0.1) is 5.92 Å². The number of ether oxygens (including phenoxy) is 3. The second kappa shape index (κ2) is 40.6. The summed E-state index contributed by atoms with van der Waals surface area (Å²) < 4.78 is 25.4. The summed E-state index contributed by atoms with van der Waals surface area (Å²) in [6.45, 7) is 2.84. The molecular weight excluding hydrogens is 1380 g/mol. The molecule has 101 heavy (non-hydrogen) atoms. The first kappa shape index (κ1) is 82.7. The minimum atomic E-state index is -2.26. The molecule has 0 aliphatic carbocycles. The molecule has 4 heterocycles. The van der Waals surface area contributed by atoms with Gasteiger partial charge in [-0.1, -0.05) is 55.5 Å². The number of unbranched alkanes of at least 4 members (excludes halogenated alkanes) is 3. The average molecular weight is 1470 g/mol. The maximum Gasteiger partial charge on any atom is 1.00 e. The van der Waals surface area contributed by atoms with E-state index in [4.69, 9.17) is 18.4 Å². The quantitative estimate of drug-likeness (QED) is 0.00603. The van der Waals surface area contributed by atoms with Gasteiger partial charge in [0, 0.05) is 81.8 Å². The average Bonchev–Trinajstić information content (AvgIpc) is 1.68. The van der Waals surface area contributed by atoms with E-state index in [1.165, 1.54) is 42.5 Å². The molecule has 3 saturated heterocycles. The third-order valence-corrected chi connectivity index (χ3v) is 18.3. The van der Waals surface area contributed by atoms with Crippen molar-refractivity contribution < 1.29 is 147 Å². The number of fused-ring (bicyclic) bond motifs is 2. The SMILES string of the molecule is C=CCOC(=O)N(CC[C@@H](O)[C@@H]1NC(=O)[C@H]([C@H](O)Cc2ccc(O)c(OSOO[O-])c2)NC(=O)[C@@H]2C[C@@H](O)CN2C(=O)[C@H]([C@@H](C)O)NC(=O)[C@@H](NC(=O)c2ccc(-c3nnc(-c4ccc(OCCCCCCOC)cc4)s3)cc2)C[C@@H](O)CNC(=O)[C@@H]2[C@@H](O)[C@@H](C)CN2C1=O)C(CO)CO.[Na+]. The number of aliphatic hydroxyl groups is 8. The number of phenolic OH excluding ortho intramolecular Hbond substituents is 1. The number of hydrogen-bond donors (Lipinski definition) is 14. The fourth-order valence-corrected chi connectivity index (χ4v) is 12.6. The molecule has 548 valence electrons. The van der Waals surface area contributed by atoms with E-state index in [1.54, 1.807) is 19.2 Å². The number of benzene rings is 3. The predicted molar refractivity (Wildman–Crippen MR) is 351 cm³/mol. The molecule has 0 saturated carbocycles. The number of rotatable bonds is 29. The molecule has 7 rings (SSSR count). The zero-order valence-corrected chi connectivity index (χ0v) is 59.6. The molecule has 1 aromatic heterocycles. The number of aromatic hydroxyl groups is 1. The summed E-state index contributed by atoms with van der Waals surface area (Å²) in [5, 5.41) is 136. The molecule has 3 aliphatic heterocycles. The van der Waals surface area contributed by atoms with Gasteiger partial charge in [-0.2, -0.15) is 0 Å². The van der Waals surface area contributed by atoms with Crippen LogP contribution in [0.1, 0.15) is 74.7 Å². The zero-order valence-electron chi connectivity index (χ0n) is 55.9. The maximum atomic E-state index is 15.2. The number of nitrogens with zero attached hydrogens (tertiary/aromatic N) is 5. The number of phenols is 1. The Bertz CT molecular complexity index is 3400. The number of methoxy groups -OCH3 is 1. The fourth-order valence-electron chi connectivity index (χ4n) is 11.5. The minimum Gasteiger partial charge on any atom is -0.691 e. The Balaban J connectivity index is 0.0000161. The van der Waals surface area contributed by atoms with Crippen molar-refractivity contribution in [3.05, 3.63) is 90.5 Å².